The number of benzene rings is 1. The molecule has 0 radical (unpaired) electrons. The molecule has 0 bridgehead atoms. The van der Waals surface area contributed by atoms with Crippen LogP contribution in [-0.2, 0) is 28.5 Å². The van der Waals surface area contributed by atoms with E-state index in [-0.39, 0.29) is 5.75 Å². The standard InChI is InChI=1S/C19H24N2O7/c1-18(2)25-12-13(26-18)15-17(28-19(3,4)27-15)24-14(12)16(23)21-20-9-10-7-5-6-8-11(10)22/h5-9,12-15,17,22H,1-4H3,(H,21,23)/b20-9+. The molecule has 5 atom stereocenters. The SMILES string of the molecule is CC1(C)OC2OC(C(=O)N/N=C/c3ccccc3O)C3OC(C)(C)OC3C2O1. The summed E-state index contributed by atoms with van der Waals surface area (Å²) in [6, 6.07) is 6.65. The van der Waals surface area contributed by atoms with Crippen molar-refractivity contribution in [2.45, 2.75) is 70.0 Å². The van der Waals surface area contributed by atoms with Gasteiger partial charge in [0.05, 0.1) is 6.21 Å². The van der Waals surface area contributed by atoms with Crippen LogP contribution in [-0.4, -0.2) is 59.5 Å². The van der Waals surface area contributed by atoms with Crippen molar-refractivity contribution in [3.8, 4) is 5.75 Å². The number of aromatic hydroxyl groups is 1. The predicted molar refractivity (Wildman–Crippen MR) is 96.4 cm³/mol. The van der Waals surface area contributed by atoms with E-state index >= 15 is 0 Å². The largest absolute Gasteiger partial charge is 0.507 e. The van der Waals surface area contributed by atoms with Crippen LogP contribution >= 0.6 is 0 Å². The van der Waals surface area contributed by atoms with Crippen molar-refractivity contribution in [3.05, 3.63) is 29.8 Å². The maximum absolute atomic E-state index is 12.7. The molecule has 1 amide bonds. The van der Waals surface area contributed by atoms with Gasteiger partial charge in [-0.15, -0.1) is 0 Å². The number of amides is 1. The molecule has 9 heteroatoms. The summed E-state index contributed by atoms with van der Waals surface area (Å²) in [6.45, 7) is 7.09. The van der Waals surface area contributed by atoms with Crippen molar-refractivity contribution >= 4 is 12.1 Å². The Kier molecular flexibility index (Phi) is 4.67. The molecule has 3 aliphatic rings. The van der Waals surface area contributed by atoms with Gasteiger partial charge in [-0.3, -0.25) is 4.79 Å². The van der Waals surface area contributed by atoms with E-state index in [4.69, 9.17) is 23.7 Å². The second-order valence-corrected chi connectivity index (χ2v) is 7.88. The normalized spacial score (nSPS) is 35.5. The molecule has 3 heterocycles. The van der Waals surface area contributed by atoms with Crippen LogP contribution in [0.1, 0.15) is 33.3 Å². The van der Waals surface area contributed by atoms with Gasteiger partial charge in [-0.05, 0) is 39.8 Å². The van der Waals surface area contributed by atoms with Gasteiger partial charge < -0.3 is 28.8 Å². The molecule has 3 fully saturated rings. The lowest BCUT2D eigenvalue weighted by molar-refractivity contribution is -0.231. The number of hydrazone groups is 1. The Balaban J connectivity index is 1.50. The summed E-state index contributed by atoms with van der Waals surface area (Å²) in [7, 11) is 0. The molecule has 1 aromatic rings. The van der Waals surface area contributed by atoms with Gasteiger partial charge in [-0.25, -0.2) is 5.43 Å². The Morgan fingerprint density at radius 2 is 1.68 bits per heavy atom. The van der Waals surface area contributed by atoms with Gasteiger partial charge in [0.2, 0.25) is 0 Å². The second kappa shape index (κ2) is 6.78. The Morgan fingerprint density at radius 1 is 1.04 bits per heavy atom. The molecule has 152 valence electrons. The molecule has 9 nitrogen and oxygen atoms in total. The van der Waals surface area contributed by atoms with E-state index in [2.05, 4.69) is 10.5 Å². The zero-order valence-electron chi connectivity index (χ0n) is 16.1. The maximum Gasteiger partial charge on any atom is 0.272 e. The summed E-state index contributed by atoms with van der Waals surface area (Å²) in [5.74, 6) is -2.19. The Bertz CT molecular complexity index is 794. The fraction of sp³-hybridized carbons (Fsp3) is 0.579. The number of hydrogen-bond donors (Lipinski definition) is 2. The Morgan fingerprint density at radius 3 is 2.43 bits per heavy atom. The molecule has 3 saturated heterocycles. The first-order valence-corrected chi connectivity index (χ1v) is 9.13. The van der Waals surface area contributed by atoms with Gasteiger partial charge in [0.25, 0.3) is 5.91 Å². The minimum Gasteiger partial charge on any atom is -0.507 e. The fourth-order valence-electron chi connectivity index (χ4n) is 3.65. The van der Waals surface area contributed by atoms with Crippen molar-refractivity contribution < 1.29 is 33.6 Å². The van der Waals surface area contributed by atoms with E-state index in [9.17, 15) is 9.90 Å². The average Bonchev–Trinajstić information content (AvgIpc) is 3.09. The van der Waals surface area contributed by atoms with Gasteiger partial charge in [-0.2, -0.15) is 5.10 Å². The highest BCUT2D eigenvalue weighted by atomic mass is 16.9. The lowest BCUT2D eigenvalue weighted by Crippen LogP contribution is -2.59. The topological polar surface area (TPSA) is 108 Å². The summed E-state index contributed by atoms with van der Waals surface area (Å²) in [5, 5.41) is 13.7. The molecule has 3 aliphatic heterocycles. The molecule has 0 aliphatic carbocycles. The van der Waals surface area contributed by atoms with Crippen LogP contribution in [0.4, 0.5) is 0 Å². The average molecular weight is 392 g/mol. The number of phenols is 1. The number of nitrogens with zero attached hydrogens (tertiary/aromatic N) is 1. The van der Waals surface area contributed by atoms with E-state index in [0.717, 1.165) is 0 Å². The first-order valence-electron chi connectivity index (χ1n) is 9.13. The van der Waals surface area contributed by atoms with Crippen molar-refractivity contribution in [2.24, 2.45) is 5.10 Å². The van der Waals surface area contributed by atoms with Crippen LogP contribution in [0.5, 0.6) is 5.75 Å². The summed E-state index contributed by atoms with van der Waals surface area (Å²) < 4.78 is 29.4. The number of para-hydroxylation sites is 1. The van der Waals surface area contributed by atoms with Gasteiger partial charge in [0.1, 0.15) is 24.1 Å². The lowest BCUT2D eigenvalue weighted by Gasteiger charge is -2.36. The molecular formula is C19H24N2O7. The molecule has 1 aromatic carbocycles. The van der Waals surface area contributed by atoms with Crippen LogP contribution in [0.15, 0.2) is 29.4 Å². The molecule has 0 spiro atoms. The van der Waals surface area contributed by atoms with Crippen LogP contribution in [0, 0.1) is 0 Å². The number of rotatable bonds is 3. The summed E-state index contributed by atoms with van der Waals surface area (Å²) in [6.07, 6.45) is -2.10. The fourth-order valence-corrected chi connectivity index (χ4v) is 3.65. The van der Waals surface area contributed by atoms with E-state index in [1.807, 2.05) is 0 Å². The van der Waals surface area contributed by atoms with Gasteiger partial charge in [0.15, 0.2) is 24.0 Å². The van der Waals surface area contributed by atoms with Crippen LogP contribution < -0.4 is 5.43 Å². The number of carbonyl (C=O) groups is 1. The Labute approximate surface area is 162 Å². The number of hydrogen-bond acceptors (Lipinski definition) is 8. The number of carbonyl (C=O) groups excluding carboxylic acids is 1. The van der Waals surface area contributed by atoms with Gasteiger partial charge in [-0.1, -0.05) is 12.1 Å². The van der Waals surface area contributed by atoms with E-state index in [1.54, 1.807) is 45.9 Å². The minimum atomic E-state index is -0.993. The van der Waals surface area contributed by atoms with E-state index < -0.39 is 48.2 Å². The van der Waals surface area contributed by atoms with Crippen LogP contribution in [0.2, 0.25) is 0 Å². The second-order valence-electron chi connectivity index (χ2n) is 7.88. The summed E-state index contributed by atoms with van der Waals surface area (Å²) in [4.78, 5) is 12.7. The third-order valence-electron chi connectivity index (χ3n) is 4.73. The molecule has 5 unspecified atom stereocenters. The number of phenolic OH excluding ortho intramolecular Hbond substituents is 1. The first kappa shape index (κ1) is 19.3. The molecular weight excluding hydrogens is 368 g/mol. The third kappa shape index (κ3) is 3.63. The van der Waals surface area contributed by atoms with E-state index in [0.29, 0.717) is 5.56 Å². The van der Waals surface area contributed by atoms with Gasteiger partial charge >= 0.3 is 0 Å². The number of nitrogens with one attached hydrogen (secondary N) is 1. The third-order valence-corrected chi connectivity index (χ3v) is 4.73. The summed E-state index contributed by atoms with van der Waals surface area (Å²) >= 11 is 0. The number of fused-ring (bicyclic) bond motifs is 3. The van der Waals surface area contributed by atoms with Crippen molar-refractivity contribution in [1.82, 2.24) is 5.43 Å². The quantitative estimate of drug-likeness (QED) is 0.589. The van der Waals surface area contributed by atoms with Crippen LogP contribution in [0.3, 0.4) is 0 Å². The van der Waals surface area contributed by atoms with Crippen molar-refractivity contribution in [3.63, 3.8) is 0 Å². The minimum absolute atomic E-state index is 0.0605. The van der Waals surface area contributed by atoms with Crippen molar-refractivity contribution in [1.29, 1.82) is 0 Å². The highest BCUT2D eigenvalue weighted by Gasteiger charge is 2.62. The molecule has 2 N–H and O–H groups in total. The van der Waals surface area contributed by atoms with Crippen LogP contribution in [0.25, 0.3) is 0 Å². The molecule has 4 rings (SSSR count). The zero-order chi connectivity index (χ0) is 20.1. The Hall–Kier alpha value is -2.04. The monoisotopic (exact) mass is 392 g/mol. The molecule has 0 saturated carbocycles. The van der Waals surface area contributed by atoms with Crippen molar-refractivity contribution in [2.75, 3.05) is 0 Å². The molecule has 28 heavy (non-hydrogen) atoms. The maximum atomic E-state index is 12.7. The highest BCUT2D eigenvalue weighted by Crippen LogP contribution is 2.44. The predicted octanol–water partition coefficient (Wildman–Crippen LogP) is 1.24. The van der Waals surface area contributed by atoms with E-state index in [1.165, 1.54) is 12.3 Å². The number of ether oxygens (including phenoxy) is 5. The highest BCUT2D eigenvalue weighted by molar-refractivity contribution is 5.86. The first-order chi connectivity index (χ1) is 13.2. The molecule has 0 aromatic heterocycles. The smallest absolute Gasteiger partial charge is 0.272 e. The van der Waals surface area contributed by atoms with Gasteiger partial charge in [0, 0.05) is 5.56 Å². The lowest BCUT2D eigenvalue weighted by atomic mass is 9.98. The summed E-state index contributed by atoms with van der Waals surface area (Å²) in [5.41, 5.74) is 2.90. The zero-order valence-corrected chi connectivity index (χ0v) is 16.1.